The van der Waals surface area contributed by atoms with Crippen molar-refractivity contribution in [2.75, 3.05) is 25.6 Å². The zero-order chi connectivity index (χ0) is 15.3. The van der Waals surface area contributed by atoms with Crippen LogP contribution in [0.5, 0.6) is 0 Å². The number of rotatable bonds is 7. The van der Waals surface area contributed by atoms with Crippen LogP contribution < -0.4 is 10.6 Å². The minimum Gasteiger partial charge on any atom is -0.385 e. The Kier molecular flexibility index (Phi) is 4.96. The monoisotopic (exact) mass is 290 g/mol. The quantitative estimate of drug-likeness (QED) is 0.595. The SMILES string of the molecule is COCCCNC(=O)C1(C(=O)Nc2cccc(C)c2)CC1. The summed E-state index contributed by atoms with van der Waals surface area (Å²) in [5.41, 5.74) is 0.928. The summed E-state index contributed by atoms with van der Waals surface area (Å²) in [6.07, 6.45) is 1.97. The molecule has 0 spiro atoms. The van der Waals surface area contributed by atoms with Crippen LogP contribution in [-0.4, -0.2) is 32.1 Å². The molecule has 0 saturated heterocycles. The largest absolute Gasteiger partial charge is 0.385 e. The van der Waals surface area contributed by atoms with Crippen LogP contribution in [0, 0.1) is 12.3 Å². The number of carbonyl (C=O) groups is 2. The predicted octanol–water partition coefficient (Wildman–Crippen LogP) is 1.87. The first-order valence-electron chi connectivity index (χ1n) is 7.24. The van der Waals surface area contributed by atoms with Crippen molar-refractivity contribution in [1.29, 1.82) is 0 Å². The van der Waals surface area contributed by atoms with Gasteiger partial charge in [-0.3, -0.25) is 9.59 Å². The first-order valence-corrected chi connectivity index (χ1v) is 7.24. The van der Waals surface area contributed by atoms with Gasteiger partial charge in [0.1, 0.15) is 5.41 Å². The third-order valence-corrected chi connectivity index (χ3v) is 3.71. The van der Waals surface area contributed by atoms with Crippen LogP contribution in [0.4, 0.5) is 5.69 Å². The molecule has 5 nitrogen and oxygen atoms in total. The summed E-state index contributed by atoms with van der Waals surface area (Å²) in [6, 6.07) is 7.57. The summed E-state index contributed by atoms with van der Waals surface area (Å²) in [4.78, 5) is 24.5. The van der Waals surface area contributed by atoms with Crippen LogP contribution >= 0.6 is 0 Å². The Bertz CT molecular complexity index is 524. The molecule has 0 bridgehead atoms. The number of carbonyl (C=O) groups excluding carboxylic acids is 2. The topological polar surface area (TPSA) is 67.4 Å². The molecule has 0 radical (unpaired) electrons. The van der Waals surface area contributed by atoms with Gasteiger partial charge < -0.3 is 15.4 Å². The second kappa shape index (κ2) is 6.72. The zero-order valence-electron chi connectivity index (χ0n) is 12.6. The number of hydrogen-bond acceptors (Lipinski definition) is 3. The summed E-state index contributed by atoms with van der Waals surface area (Å²) in [5, 5.41) is 5.66. The van der Waals surface area contributed by atoms with E-state index in [9.17, 15) is 9.59 Å². The molecule has 1 aliphatic rings. The standard InChI is InChI=1S/C16H22N2O3/c1-12-5-3-6-13(11-12)18-15(20)16(7-8-16)14(19)17-9-4-10-21-2/h3,5-6,11H,4,7-10H2,1-2H3,(H,17,19)(H,18,20). The summed E-state index contributed by atoms with van der Waals surface area (Å²) in [5.74, 6) is -0.388. The molecule has 2 N–H and O–H groups in total. The van der Waals surface area contributed by atoms with Crippen molar-refractivity contribution in [3.63, 3.8) is 0 Å². The van der Waals surface area contributed by atoms with Crippen molar-refractivity contribution < 1.29 is 14.3 Å². The van der Waals surface area contributed by atoms with Gasteiger partial charge in [0.2, 0.25) is 11.8 Å². The van der Waals surface area contributed by atoms with Gasteiger partial charge in [-0.2, -0.15) is 0 Å². The van der Waals surface area contributed by atoms with Crippen molar-refractivity contribution in [2.45, 2.75) is 26.2 Å². The van der Waals surface area contributed by atoms with Gasteiger partial charge >= 0.3 is 0 Å². The molecule has 2 amide bonds. The van der Waals surface area contributed by atoms with Gasteiger partial charge in [0, 0.05) is 25.9 Å². The molecule has 1 aromatic rings. The van der Waals surface area contributed by atoms with Gasteiger partial charge in [-0.25, -0.2) is 0 Å². The van der Waals surface area contributed by atoms with Gasteiger partial charge in [0.25, 0.3) is 0 Å². The molecule has 0 aliphatic heterocycles. The van der Waals surface area contributed by atoms with E-state index in [2.05, 4.69) is 10.6 Å². The highest BCUT2D eigenvalue weighted by molar-refractivity contribution is 6.13. The first kappa shape index (κ1) is 15.5. The first-order chi connectivity index (χ1) is 10.1. The molecule has 2 rings (SSSR count). The number of ether oxygens (including phenoxy) is 1. The van der Waals surface area contributed by atoms with Gasteiger partial charge in [-0.05, 0) is 43.9 Å². The maximum Gasteiger partial charge on any atom is 0.240 e. The highest BCUT2D eigenvalue weighted by Gasteiger charge is 2.56. The maximum atomic E-state index is 12.3. The van der Waals surface area contributed by atoms with Crippen molar-refractivity contribution in [3.05, 3.63) is 29.8 Å². The van der Waals surface area contributed by atoms with E-state index in [4.69, 9.17) is 4.74 Å². The lowest BCUT2D eigenvalue weighted by Crippen LogP contribution is -2.40. The molecule has 0 heterocycles. The molecule has 1 saturated carbocycles. The van der Waals surface area contributed by atoms with E-state index in [0.29, 0.717) is 26.0 Å². The Morgan fingerprint density at radius 2 is 2.05 bits per heavy atom. The molecular weight excluding hydrogens is 268 g/mol. The lowest BCUT2D eigenvalue weighted by Gasteiger charge is -2.15. The Morgan fingerprint density at radius 3 is 2.67 bits per heavy atom. The third kappa shape index (κ3) is 3.82. The molecule has 1 fully saturated rings. The van der Waals surface area contributed by atoms with E-state index in [-0.39, 0.29) is 11.8 Å². The smallest absolute Gasteiger partial charge is 0.240 e. The summed E-state index contributed by atoms with van der Waals surface area (Å²) in [7, 11) is 1.62. The Morgan fingerprint density at radius 1 is 1.29 bits per heavy atom. The number of amides is 2. The fourth-order valence-corrected chi connectivity index (χ4v) is 2.24. The normalized spacial score (nSPS) is 15.3. The van der Waals surface area contributed by atoms with Crippen LogP contribution in [0.2, 0.25) is 0 Å². The minimum atomic E-state index is -0.878. The highest BCUT2D eigenvalue weighted by atomic mass is 16.5. The van der Waals surface area contributed by atoms with Gasteiger partial charge in [-0.1, -0.05) is 12.1 Å². The second-order valence-corrected chi connectivity index (χ2v) is 5.51. The van der Waals surface area contributed by atoms with Crippen LogP contribution in [0.1, 0.15) is 24.8 Å². The summed E-state index contributed by atoms with van der Waals surface area (Å²) in [6.45, 7) is 3.10. The fourth-order valence-electron chi connectivity index (χ4n) is 2.24. The van der Waals surface area contributed by atoms with Crippen LogP contribution in [0.3, 0.4) is 0 Å². The Labute approximate surface area is 125 Å². The number of aryl methyl sites for hydroxylation is 1. The molecule has 0 unspecified atom stereocenters. The Hall–Kier alpha value is -1.88. The minimum absolute atomic E-state index is 0.177. The van der Waals surface area contributed by atoms with Crippen LogP contribution in [0.15, 0.2) is 24.3 Å². The van der Waals surface area contributed by atoms with Crippen LogP contribution in [-0.2, 0) is 14.3 Å². The average molecular weight is 290 g/mol. The van der Waals surface area contributed by atoms with Crippen molar-refractivity contribution >= 4 is 17.5 Å². The number of nitrogens with one attached hydrogen (secondary N) is 2. The zero-order valence-corrected chi connectivity index (χ0v) is 12.6. The lowest BCUT2D eigenvalue weighted by atomic mass is 10.0. The predicted molar refractivity (Wildman–Crippen MR) is 81.0 cm³/mol. The average Bonchev–Trinajstić information content (AvgIpc) is 3.25. The van der Waals surface area contributed by atoms with Gasteiger partial charge in [0.05, 0.1) is 0 Å². The fraction of sp³-hybridized carbons (Fsp3) is 0.500. The molecule has 5 heteroatoms. The summed E-state index contributed by atoms with van der Waals surface area (Å²) < 4.78 is 4.93. The number of methoxy groups -OCH3 is 1. The molecular formula is C16H22N2O3. The van der Waals surface area contributed by atoms with E-state index in [1.807, 2.05) is 31.2 Å². The van der Waals surface area contributed by atoms with E-state index in [0.717, 1.165) is 17.7 Å². The van der Waals surface area contributed by atoms with Crippen molar-refractivity contribution in [3.8, 4) is 0 Å². The molecule has 114 valence electrons. The van der Waals surface area contributed by atoms with E-state index in [1.54, 1.807) is 7.11 Å². The Balaban J connectivity index is 1.90. The second-order valence-electron chi connectivity index (χ2n) is 5.51. The van der Waals surface area contributed by atoms with Crippen molar-refractivity contribution in [2.24, 2.45) is 5.41 Å². The van der Waals surface area contributed by atoms with E-state index < -0.39 is 5.41 Å². The lowest BCUT2D eigenvalue weighted by molar-refractivity contribution is -0.134. The molecule has 1 aromatic carbocycles. The molecule has 0 atom stereocenters. The molecule has 21 heavy (non-hydrogen) atoms. The molecule has 1 aliphatic carbocycles. The van der Waals surface area contributed by atoms with Gasteiger partial charge in [0.15, 0.2) is 0 Å². The van der Waals surface area contributed by atoms with E-state index >= 15 is 0 Å². The number of anilines is 1. The molecule has 0 aromatic heterocycles. The summed E-state index contributed by atoms with van der Waals surface area (Å²) >= 11 is 0. The van der Waals surface area contributed by atoms with Crippen molar-refractivity contribution in [1.82, 2.24) is 5.32 Å². The third-order valence-electron chi connectivity index (χ3n) is 3.71. The number of benzene rings is 1. The maximum absolute atomic E-state index is 12.3. The highest BCUT2D eigenvalue weighted by Crippen LogP contribution is 2.46. The van der Waals surface area contributed by atoms with Crippen LogP contribution in [0.25, 0.3) is 0 Å². The van der Waals surface area contributed by atoms with Gasteiger partial charge in [-0.15, -0.1) is 0 Å². The number of hydrogen-bond donors (Lipinski definition) is 2. The van der Waals surface area contributed by atoms with E-state index in [1.165, 1.54) is 0 Å².